The lowest BCUT2D eigenvalue weighted by Crippen LogP contribution is -2.53. The molecule has 0 bridgehead atoms. The number of aromatic nitrogens is 2. The van der Waals surface area contributed by atoms with Gasteiger partial charge in [0, 0.05) is 37.6 Å². The van der Waals surface area contributed by atoms with Gasteiger partial charge in [0.05, 0.1) is 5.52 Å². The van der Waals surface area contributed by atoms with Crippen LogP contribution in [0.25, 0.3) is 5.52 Å². The molecule has 0 atom stereocenters. The monoisotopic (exact) mass is 426 g/mol. The Morgan fingerprint density at radius 3 is 2.57 bits per heavy atom. The number of pyridine rings is 1. The molecule has 3 aromatic rings. The summed E-state index contributed by atoms with van der Waals surface area (Å²) in [4.78, 5) is 19.4. The molecule has 158 valence electrons. The molecule has 7 nitrogen and oxygen atoms in total. The number of carbonyl (C=O) groups excluding carboxylic acids is 1. The molecule has 0 unspecified atom stereocenters. The number of nitrogens with zero attached hydrogens (tertiary/aromatic N) is 3. The van der Waals surface area contributed by atoms with Crippen LogP contribution in [-0.4, -0.2) is 53.5 Å². The SMILES string of the molecule is CC(C)(CNC(=O)c1nc(S(C)(=O)=O)n2ccccc12)N1CCc2ccccc2C1. The second-order valence-electron chi connectivity index (χ2n) is 8.41. The number of fused-ring (bicyclic) bond motifs is 2. The summed E-state index contributed by atoms with van der Waals surface area (Å²) in [5, 5.41) is 2.84. The lowest BCUT2D eigenvalue weighted by Gasteiger charge is -2.41. The minimum absolute atomic E-state index is 0.121. The quantitative estimate of drug-likeness (QED) is 0.677. The van der Waals surface area contributed by atoms with Crippen LogP contribution in [-0.2, 0) is 22.8 Å². The van der Waals surface area contributed by atoms with E-state index < -0.39 is 9.84 Å². The molecule has 0 saturated heterocycles. The molecule has 1 N–H and O–H groups in total. The summed E-state index contributed by atoms with van der Waals surface area (Å²) in [6.45, 7) is 6.40. The Morgan fingerprint density at radius 2 is 1.83 bits per heavy atom. The fourth-order valence-electron chi connectivity index (χ4n) is 3.94. The van der Waals surface area contributed by atoms with Crippen molar-refractivity contribution in [2.45, 2.75) is 37.5 Å². The fraction of sp³-hybridized carbons (Fsp3) is 0.364. The Balaban J connectivity index is 1.53. The average molecular weight is 427 g/mol. The van der Waals surface area contributed by atoms with Crippen LogP contribution >= 0.6 is 0 Å². The molecule has 4 rings (SSSR count). The van der Waals surface area contributed by atoms with E-state index >= 15 is 0 Å². The number of benzene rings is 1. The van der Waals surface area contributed by atoms with Gasteiger partial charge in [0.15, 0.2) is 5.69 Å². The van der Waals surface area contributed by atoms with E-state index in [0.29, 0.717) is 12.1 Å². The standard InChI is InChI=1S/C22H26N4O3S/c1-22(2,25-13-11-16-8-4-5-9-17(16)14-25)15-23-20(27)19-18-10-6-7-12-26(18)21(24-19)30(3,28)29/h4-10,12H,11,13-15H2,1-3H3,(H,23,27). The van der Waals surface area contributed by atoms with E-state index in [4.69, 9.17) is 0 Å². The first kappa shape index (κ1) is 20.6. The Bertz CT molecular complexity index is 1210. The summed E-state index contributed by atoms with van der Waals surface area (Å²) in [6, 6.07) is 13.6. The molecule has 0 saturated carbocycles. The summed E-state index contributed by atoms with van der Waals surface area (Å²) in [6.07, 6.45) is 3.68. The van der Waals surface area contributed by atoms with Gasteiger partial charge in [0.25, 0.3) is 5.91 Å². The van der Waals surface area contributed by atoms with E-state index in [-0.39, 0.29) is 22.3 Å². The molecule has 1 aliphatic rings. The number of carbonyl (C=O) groups is 1. The number of sulfone groups is 1. The third-order valence-electron chi connectivity index (χ3n) is 5.73. The second kappa shape index (κ2) is 7.52. The van der Waals surface area contributed by atoms with Crippen LogP contribution in [0.15, 0.2) is 53.8 Å². The maximum atomic E-state index is 12.9. The lowest BCUT2D eigenvalue weighted by molar-refractivity contribution is 0.0824. The summed E-state index contributed by atoms with van der Waals surface area (Å²) in [7, 11) is -3.57. The summed E-state index contributed by atoms with van der Waals surface area (Å²) in [5.74, 6) is -0.376. The van der Waals surface area contributed by atoms with E-state index in [0.717, 1.165) is 25.8 Å². The number of amides is 1. The van der Waals surface area contributed by atoms with Crippen LogP contribution in [0.2, 0.25) is 0 Å². The van der Waals surface area contributed by atoms with Crippen LogP contribution < -0.4 is 5.32 Å². The Kier molecular flexibility index (Phi) is 5.15. The summed E-state index contributed by atoms with van der Waals surface area (Å²) in [5.41, 5.74) is 3.03. The molecule has 0 spiro atoms. The van der Waals surface area contributed by atoms with Crippen molar-refractivity contribution >= 4 is 21.3 Å². The van der Waals surface area contributed by atoms with Gasteiger partial charge in [0.2, 0.25) is 15.0 Å². The van der Waals surface area contributed by atoms with Gasteiger partial charge in [0.1, 0.15) is 0 Å². The second-order valence-corrected chi connectivity index (χ2v) is 10.3. The maximum absolute atomic E-state index is 12.9. The summed E-state index contributed by atoms with van der Waals surface area (Å²) >= 11 is 0. The van der Waals surface area contributed by atoms with Crippen molar-refractivity contribution in [1.82, 2.24) is 19.6 Å². The normalized spacial score (nSPS) is 15.2. The van der Waals surface area contributed by atoms with Gasteiger partial charge < -0.3 is 5.32 Å². The molecule has 2 aromatic heterocycles. The third kappa shape index (κ3) is 3.85. The van der Waals surface area contributed by atoms with Gasteiger partial charge >= 0.3 is 0 Å². The van der Waals surface area contributed by atoms with E-state index in [1.54, 1.807) is 24.4 Å². The predicted octanol–water partition coefficient (Wildman–Crippen LogP) is 2.30. The van der Waals surface area contributed by atoms with Crippen molar-refractivity contribution < 1.29 is 13.2 Å². The highest BCUT2D eigenvalue weighted by Gasteiger charge is 2.31. The van der Waals surface area contributed by atoms with Gasteiger partial charge in [-0.25, -0.2) is 13.4 Å². The number of nitrogens with one attached hydrogen (secondary N) is 1. The summed E-state index contributed by atoms with van der Waals surface area (Å²) < 4.78 is 25.6. The van der Waals surface area contributed by atoms with Crippen LogP contribution in [0.1, 0.15) is 35.5 Å². The largest absolute Gasteiger partial charge is 0.349 e. The van der Waals surface area contributed by atoms with Gasteiger partial charge in [-0.1, -0.05) is 30.3 Å². The van der Waals surface area contributed by atoms with E-state index in [1.807, 2.05) is 0 Å². The van der Waals surface area contributed by atoms with Gasteiger partial charge in [-0.15, -0.1) is 0 Å². The zero-order chi connectivity index (χ0) is 21.5. The van der Waals surface area contributed by atoms with Crippen molar-refractivity contribution in [3.05, 3.63) is 65.5 Å². The molecule has 3 heterocycles. The number of hydrogen-bond donors (Lipinski definition) is 1. The first-order valence-corrected chi connectivity index (χ1v) is 11.8. The van der Waals surface area contributed by atoms with E-state index in [2.05, 4.69) is 53.3 Å². The molecule has 1 aromatic carbocycles. The molecule has 0 fully saturated rings. The molecule has 0 aliphatic carbocycles. The van der Waals surface area contributed by atoms with Crippen LogP contribution in [0.5, 0.6) is 0 Å². The van der Waals surface area contributed by atoms with Gasteiger partial charge in [-0.2, -0.15) is 0 Å². The molecular formula is C22H26N4O3S. The van der Waals surface area contributed by atoms with Crippen LogP contribution in [0, 0.1) is 0 Å². The van der Waals surface area contributed by atoms with Crippen molar-refractivity contribution in [1.29, 1.82) is 0 Å². The Hall–Kier alpha value is -2.71. The maximum Gasteiger partial charge on any atom is 0.272 e. The number of imidazole rings is 1. The predicted molar refractivity (Wildman–Crippen MR) is 115 cm³/mol. The molecule has 1 amide bonds. The minimum Gasteiger partial charge on any atom is -0.349 e. The first-order valence-electron chi connectivity index (χ1n) is 9.94. The third-order valence-corrected chi connectivity index (χ3v) is 6.68. The highest BCUT2D eigenvalue weighted by molar-refractivity contribution is 7.90. The van der Waals surface area contributed by atoms with Crippen LogP contribution in [0.4, 0.5) is 0 Å². The lowest BCUT2D eigenvalue weighted by atomic mass is 9.94. The van der Waals surface area contributed by atoms with Crippen molar-refractivity contribution in [2.75, 3.05) is 19.3 Å². The molecular weight excluding hydrogens is 400 g/mol. The fourth-order valence-corrected chi connectivity index (χ4v) is 4.72. The smallest absolute Gasteiger partial charge is 0.272 e. The number of hydrogen-bond acceptors (Lipinski definition) is 5. The average Bonchev–Trinajstić information content (AvgIpc) is 3.12. The van der Waals surface area contributed by atoms with Crippen molar-refractivity contribution in [2.24, 2.45) is 0 Å². The van der Waals surface area contributed by atoms with Crippen molar-refractivity contribution in [3.63, 3.8) is 0 Å². The number of rotatable bonds is 5. The molecule has 1 aliphatic heterocycles. The zero-order valence-electron chi connectivity index (χ0n) is 17.4. The van der Waals surface area contributed by atoms with Crippen molar-refractivity contribution in [3.8, 4) is 0 Å². The Labute approximate surface area is 176 Å². The van der Waals surface area contributed by atoms with Gasteiger partial charge in [-0.05, 0) is 43.5 Å². The first-order chi connectivity index (χ1) is 14.2. The van der Waals surface area contributed by atoms with E-state index in [1.165, 1.54) is 15.5 Å². The van der Waals surface area contributed by atoms with Gasteiger partial charge in [-0.3, -0.25) is 14.1 Å². The van der Waals surface area contributed by atoms with E-state index in [9.17, 15) is 13.2 Å². The van der Waals surface area contributed by atoms with Crippen LogP contribution in [0.3, 0.4) is 0 Å². The highest BCUT2D eigenvalue weighted by atomic mass is 32.2. The molecule has 0 radical (unpaired) electrons. The topological polar surface area (TPSA) is 83.8 Å². The zero-order valence-corrected chi connectivity index (χ0v) is 18.2. The Morgan fingerprint density at radius 1 is 1.13 bits per heavy atom. The minimum atomic E-state index is -3.57. The molecule has 8 heteroatoms. The molecule has 30 heavy (non-hydrogen) atoms. The highest BCUT2D eigenvalue weighted by Crippen LogP contribution is 2.25.